The summed E-state index contributed by atoms with van der Waals surface area (Å²) in [7, 11) is 0. The van der Waals surface area contributed by atoms with Gasteiger partial charge in [0.25, 0.3) is 5.91 Å². The van der Waals surface area contributed by atoms with E-state index >= 15 is 0 Å². The summed E-state index contributed by atoms with van der Waals surface area (Å²) < 4.78 is 11.0. The van der Waals surface area contributed by atoms with E-state index in [1.165, 1.54) is 0 Å². The Morgan fingerprint density at radius 2 is 2.00 bits per heavy atom. The average Bonchev–Trinajstić information content (AvgIpc) is 2.59. The molecule has 3 aromatic rings. The van der Waals surface area contributed by atoms with E-state index in [9.17, 15) is 4.79 Å². The Labute approximate surface area is 153 Å². The number of carbonyl (C=O) groups excluding carboxylic acids is 1. The smallest absolute Gasteiger partial charge is 0.261 e. The molecule has 0 bridgehead atoms. The Morgan fingerprint density at radius 1 is 1.24 bits per heavy atom. The number of halogens is 2. The first kappa shape index (κ1) is 17.3. The Morgan fingerprint density at radius 3 is 2.76 bits per heavy atom. The van der Waals surface area contributed by atoms with Crippen molar-refractivity contribution in [3.8, 4) is 5.75 Å². The van der Waals surface area contributed by atoms with Crippen molar-refractivity contribution in [1.29, 1.82) is 5.41 Å². The first-order valence-corrected chi connectivity index (χ1v) is 8.26. The van der Waals surface area contributed by atoms with Crippen LogP contribution in [0.2, 0.25) is 10.0 Å². The number of hydrogen-bond acceptors (Lipinski definition) is 4. The second-order valence-electron chi connectivity index (χ2n) is 5.15. The number of benzene rings is 2. The normalized spacial score (nSPS) is 10.7. The lowest BCUT2D eigenvalue weighted by Crippen LogP contribution is -2.21. The molecule has 0 unspecified atom stereocenters. The number of nitrogens with one attached hydrogen (secondary N) is 2. The van der Waals surface area contributed by atoms with Crippen LogP contribution in [0.25, 0.3) is 11.0 Å². The van der Waals surface area contributed by atoms with Crippen molar-refractivity contribution >= 4 is 45.8 Å². The Balaban J connectivity index is 2.01. The summed E-state index contributed by atoms with van der Waals surface area (Å²) in [6.45, 7) is 2.33. The van der Waals surface area contributed by atoms with Crippen LogP contribution in [-0.4, -0.2) is 12.5 Å². The first-order valence-electron chi connectivity index (χ1n) is 7.51. The molecule has 1 heterocycles. The zero-order chi connectivity index (χ0) is 18.0. The number of rotatable bonds is 4. The number of fused-ring (bicyclic) bond motifs is 1. The van der Waals surface area contributed by atoms with Crippen molar-refractivity contribution < 1.29 is 13.9 Å². The highest BCUT2D eigenvalue weighted by atomic mass is 35.5. The van der Waals surface area contributed by atoms with Gasteiger partial charge in [0, 0.05) is 5.39 Å². The second-order valence-corrected chi connectivity index (χ2v) is 5.94. The van der Waals surface area contributed by atoms with Gasteiger partial charge in [-0.2, -0.15) is 0 Å². The molecule has 7 heteroatoms. The number of ether oxygens (including phenoxy) is 1. The summed E-state index contributed by atoms with van der Waals surface area (Å²) in [5, 5.41) is 11.9. The van der Waals surface area contributed by atoms with E-state index in [1.807, 2.05) is 6.92 Å². The van der Waals surface area contributed by atoms with Crippen LogP contribution < -0.4 is 15.6 Å². The van der Waals surface area contributed by atoms with E-state index in [0.29, 0.717) is 34.0 Å². The minimum atomic E-state index is -0.512. The molecule has 0 aliphatic carbocycles. The first-order chi connectivity index (χ1) is 12.0. The maximum absolute atomic E-state index is 12.5. The van der Waals surface area contributed by atoms with Crippen LogP contribution in [0.15, 0.2) is 46.9 Å². The molecule has 5 nitrogen and oxygen atoms in total. The number of amides is 1. The standard InChI is InChI=1S/C18H14Cl2N2O3/c1-2-24-14-8-3-5-10-9-11(17(21)25-16(10)14)18(23)22-13-7-4-6-12(19)15(13)20/h3-9,21H,2H2,1H3,(H,22,23). The van der Waals surface area contributed by atoms with Gasteiger partial charge in [-0.05, 0) is 31.2 Å². The Kier molecular flexibility index (Phi) is 4.97. The molecule has 0 fully saturated rings. The third kappa shape index (κ3) is 3.48. The summed E-state index contributed by atoms with van der Waals surface area (Å²) in [5.74, 6) is 0.0139. The molecule has 3 rings (SSSR count). The van der Waals surface area contributed by atoms with Crippen LogP contribution in [0.5, 0.6) is 5.75 Å². The van der Waals surface area contributed by atoms with Crippen LogP contribution in [0.4, 0.5) is 5.69 Å². The van der Waals surface area contributed by atoms with Gasteiger partial charge >= 0.3 is 0 Å². The van der Waals surface area contributed by atoms with E-state index in [0.717, 1.165) is 0 Å². The van der Waals surface area contributed by atoms with Gasteiger partial charge < -0.3 is 14.5 Å². The Hall–Kier alpha value is -2.50. The minimum absolute atomic E-state index is 0.0807. The van der Waals surface area contributed by atoms with Gasteiger partial charge in [-0.15, -0.1) is 0 Å². The van der Waals surface area contributed by atoms with Crippen molar-refractivity contribution in [2.45, 2.75) is 6.92 Å². The monoisotopic (exact) mass is 376 g/mol. The van der Waals surface area contributed by atoms with E-state index < -0.39 is 5.91 Å². The van der Waals surface area contributed by atoms with Crippen molar-refractivity contribution in [3.05, 3.63) is 63.6 Å². The van der Waals surface area contributed by atoms with Crippen molar-refractivity contribution in [2.75, 3.05) is 11.9 Å². The summed E-state index contributed by atoms with van der Waals surface area (Å²) in [6.07, 6.45) is 0. The third-order valence-electron chi connectivity index (χ3n) is 3.50. The van der Waals surface area contributed by atoms with Gasteiger partial charge in [-0.3, -0.25) is 10.2 Å². The van der Waals surface area contributed by atoms with Crippen molar-refractivity contribution in [1.82, 2.24) is 0 Å². The van der Waals surface area contributed by atoms with Crippen molar-refractivity contribution in [2.24, 2.45) is 0 Å². The maximum Gasteiger partial charge on any atom is 0.261 e. The zero-order valence-corrected chi connectivity index (χ0v) is 14.7. The summed E-state index contributed by atoms with van der Waals surface area (Å²) in [5.41, 5.74) is 0.598. The topological polar surface area (TPSA) is 75.3 Å². The third-order valence-corrected chi connectivity index (χ3v) is 4.32. The lowest BCUT2D eigenvalue weighted by atomic mass is 10.1. The molecule has 0 spiro atoms. The lowest BCUT2D eigenvalue weighted by Gasteiger charge is -2.10. The van der Waals surface area contributed by atoms with Crippen LogP contribution >= 0.6 is 23.2 Å². The summed E-state index contributed by atoms with van der Waals surface area (Å²) in [6, 6.07) is 11.8. The SMILES string of the molecule is CCOc1cccc2cc(C(=O)Nc3cccc(Cl)c3Cl)c(=N)oc12. The number of para-hydroxylation sites is 1. The van der Waals surface area contributed by atoms with E-state index in [4.69, 9.17) is 37.8 Å². The second kappa shape index (κ2) is 7.17. The molecular weight excluding hydrogens is 363 g/mol. The molecule has 0 atom stereocenters. The molecular formula is C18H14Cl2N2O3. The molecule has 0 saturated carbocycles. The average molecular weight is 377 g/mol. The van der Waals surface area contributed by atoms with Crippen LogP contribution in [-0.2, 0) is 0 Å². The highest BCUT2D eigenvalue weighted by molar-refractivity contribution is 6.44. The van der Waals surface area contributed by atoms with Crippen LogP contribution in [0.3, 0.4) is 0 Å². The molecule has 0 radical (unpaired) electrons. The molecule has 2 N–H and O–H groups in total. The number of carbonyl (C=O) groups is 1. The maximum atomic E-state index is 12.5. The molecule has 0 saturated heterocycles. The lowest BCUT2D eigenvalue weighted by molar-refractivity contribution is 0.102. The highest BCUT2D eigenvalue weighted by Crippen LogP contribution is 2.30. The highest BCUT2D eigenvalue weighted by Gasteiger charge is 2.15. The van der Waals surface area contributed by atoms with E-state index in [1.54, 1.807) is 42.5 Å². The fraction of sp³-hybridized carbons (Fsp3) is 0.111. The molecule has 25 heavy (non-hydrogen) atoms. The zero-order valence-electron chi connectivity index (χ0n) is 13.2. The van der Waals surface area contributed by atoms with Gasteiger partial charge in [0.05, 0.1) is 22.3 Å². The van der Waals surface area contributed by atoms with Gasteiger partial charge in [-0.1, -0.05) is 41.4 Å². The molecule has 1 aromatic heterocycles. The minimum Gasteiger partial charge on any atom is -0.490 e. The Bertz CT molecular complexity index is 1010. The molecule has 2 aromatic carbocycles. The van der Waals surface area contributed by atoms with Crippen LogP contribution in [0, 0.1) is 5.41 Å². The predicted molar refractivity (Wildman–Crippen MR) is 97.7 cm³/mol. The molecule has 0 aliphatic heterocycles. The molecule has 0 aliphatic rings. The quantitative estimate of drug-likeness (QED) is 0.681. The summed E-state index contributed by atoms with van der Waals surface area (Å²) in [4.78, 5) is 12.5. The number of hydrogen-bond donors (Lipinski definition) is 2. The number of anilines is 1. The van der Waals surface area contributed by atoms with E-state index in [-0.39, 0.29) is 16.1 Å². The van der Waals surface area contributed by atoms with E-state index in [2.05, 4.69) is 5.32 Å². The summed E-state index contributed by atoms with van der Waals surface area (Å²) >= 11 is 12.0. The molecule has 128 valence electrons. The van der Waals surface area contributed by atoms with Gasteiger partial charge in [-0.25, -0.2) is 0 Å². The fourth-order valence-electron chi connectivity index (χ4n) is 2.36. The van der Waals surface area contributed by atoms with Gasteiger partial charge in [0.1, 0.15) is 5.56 Å². The van der Waals surface area contributed by atoms with Gasteiger partial charge in [0.15, 0.2) is 11.3 Å². The molecule has 1 amide bonds. The van der Waals surface area contributed by atoms with Crippen LogP contribution in [0.1, 0.15) is 17.3 Å². The fourth-order valence-corrected chi connectivity index (χ4v) is 2.71. The largest absolute Gasteiger partial charge is 0.490 e. The van der Waals surface area contributed by atoms with Gasteiger partial charge in [0.2, 0.25) is 5.55 Å². The van der Waals surface area contributed by atoms with Crippen molar-refractivity contribution in [3.63, 3.8) is 0 Å². The predicted octanol–water partition coefficient (Wildman–Crippen LogP) is 4.87.